The third kappa shape index (κ3) is 21.8. The van der Waals surface area contributed by atoms with Crippen LogP contribution in [-0.2, 0) is 51.2 Å². The van der Waals surface area contributed by atoms with Crippen LogP contribution in [-0.4, -0.2) is 167 Å². The monoisotopic (exact) mass is 1110 g/mol. The maximum Gasteiger partial charge on any atom is 0.327 e. The molecule has 29 heteroatoms. The number of carbonyl (C=O) groups excluding carboxylic acids is 7. The second-order valence-corrected chi connectivity index (χ2v) is 18.7. The van der Waals surface area contributed by atoms with E-state index in [0.29, 0.717) is 24.1 Å². The number of nitrogens with two attached hydrogens (primary N) is 4. The summed E-state index contributed by atoms with van der Waals surface area (Å²) in [4.78, 5) is 114. The molecule has 0 aliphatic heterocycles. The van der Waals surface area contributed by atoms with Gasteiger partial charge < -0.3 is 85.8 Å². The Hall–Kier alpha value is -7.79. The van der Waals surface area contributed by atoms with Crippen LogP contribution in [0.1, 0.15) is 56.6 Å². The van der Waals surface area contributed by atoms with Crippen LogP contribution in [0.5, 0.6) is 0 Å². The minimum atomic E-state index is -1.41. The summed E-state index contributed by atoms with van der Waals surface area (Å²) >= 11 is 8.27. The van der Waals surface area contributed by atoms with Crippen molar-refractivity contribution in [2.75, 3.05) is 38.2 Å². The van der Waals surface area contributed by atoms with Gasteiger partial charge in [0, 0.05) is 68.1 Å². The first kappa shape index (κ1) is 63.5. The highest BCUT2D eigenvalue weighted by Gasteiger charge is 2.36. The quantitative estimate of drug-likeness (QED) is 0.0123. The molecule has 0 aliphatic rings. The van der Waals surface area contributed by atoms with Crippen LogP contribution in [0.2, 0.25) is 0 Å². The number of hydrogen-bond donors (Lipinski definition) is 20. The summed E-state index contributed by atoms with van der Waals surface area (Å²) in [5.41, 5.74) is 24.2. The van der Waals surface area contributed by atoms with Crippen LogP contribution >= 0.6 is 25.3 Å². The first-order valence-corrected chi connectivity index (χ1v) is 25.9. The molecule has 0 fully saturated rings. The van der Waals surface area contributed by atoms with Gasteiger partial charge in [-0.2, -0.15) is 25.3 Å². The van der Waals surface area contributed by atoms with E-state index < -0.39 is 95.7 Å². The smallest absolute Gasteiger partial charge is 0.327 e. The SMILES string of the molecule is C[C@@H](NC(=O)[C@H](CS)NC(=O)[C@@H](N)CCCNC(=N)N)C(=O)N[C@@H](CCCNC(=N)N)C(=O)N(C)[C@H](Cc1ccccc1)C(=O)N[C@@H](CCCNC(=N)N)C(=O)N[C@H](Cc1c[nH]c2ccccc12)C(=O)N[C@@H](CS)C(=O)O. The number of carboxylic acids is 1. The Morgan fingerprint density at radius 1 is 0.597 bits per heavy atom. The molecule has 27 nitrogen and oxygen atoms in total. The summed E-state index contributed by atoms with van der Waals surface area (Å²) in [7, 11) is 1.34. The van der Waals surface area contributed by atoms with E-state index >= 15 is 0 Å². The van der Waals surface area contributed by atoms with Crippen molar-refractivity contribution in [1.82, 2.24) is 57.7 Å². The zero-order chi connectivity index (χ0) is 57.2. The molecule has 1 heterocycles. The standard InChI is InChI=1S/C48H74N18O9S2/c1-26(60-42(71)35(24-76)64-39(68)30(49)14-8-18-56-46(50)51)38(67)62-33(17-10-20-58-48(54)55)44(73)66(2)37(21-27-11-4-3-5-12-27)43(72)61-32(16-9-19-57-47(52)53)40(69)63-34(41(70)65-36(25-77)45(74)75)22-28-23-59-31-15-7-6-13-29(28)31/h3-7,11-13,15,23,26,30,32-37,59,76-77H,8-10,14,16-22,24-25,49H2,1-2H3,(H,60,71)(H,61,72)(H,62,67)(H,63,69)(H,64,68)(H,65,70)(H,74,75)(H4,50,51,56)(H4,52,53,57)(H4,54,55,58)/t26-,30+,32+,33+,34-,35+,36+,37-/m1/s1. The second kappa shape index (κ2) is 32.6. The molecule has 2 aromatic carbocycles. The minimum absolute atomic E-state index is 0.0608. The van der Waals surface area contributed by atoms with Crippen molar-refractivity contribution in [3.63, 3.8) is 0 Å². The van der Waals surface area contributed by atoms with E-state index in [-0.39, 0.29) is 87.4 Å². The van der Waals surface area contributed by atoms with E-state index in [1.807, 2.05) is 18.2 Å². The number of amides is 7. The molecule has 22 N–H and O–H groups in total. The Kier molecular flexibility index (Phi) is 26.9. The summed E-state index contributed by atoms with van der Waals surface area (Å²) in [6.45, 7) is 1.85. The molecule has 3 aromatic rings. The first-order chi connectivity index (χ1) is 36.6. The third-order valence-electron chi connectivity index (χ3n) is 12.0. The molecule has 0 bridgehead atoms. The normalized spacial score (nSPS) is 14.0. The summed E-state index contributed by atoms with van der Waals surface area (Å²) in [6.07, 6.45) is 2.22. The highest BCUT2D eigenvalue weighted by atomic mass is 32.1. The third-order valence-corrected chi connectivity index (χ3v) is 12.8. The fourth-order valence-corrected chi connectivity index (χ4v) is 8.28. The number of para-hydroxylation sites is 1. The number of carbonyl (C=O) groups is 8. The lowest BCUT2D eigenvalue weighted by Gasteiger charge is -2.33. The molecule has 77 heavy (non-hydrogen) atoms. The molecule has 0 saturated carbocycles. The van der Waals surface area contributed by atoms with E-state index in [9.17, 15) is 43.5 Å². The van der Waals surface area contributed by atoms with Gasteiger partial charge in [0.1, 0.15) is 42.3 Å². The van der Waals surface area contributed by atoms with Crippen molar-refractivity contribution in [2.45, 2.75) is 107 Å². The van der Waals surface area contributed by atoms with Crippen molar-refractivity contribution < 1.29 is 43.5 Å². The molecule has 8 atom stereocenters. The average Bonchev–Trinajstić information content (AvgIpc) is 3.80. The molecule has 3 rings (SSSR count). The van der Waals surface area contributed by atoms with Crippen molar-refractivity contribution in [3.8, 4) is 0 Å². The molecule has 422 valence electrons. The summed E-state index contributed by atoms with van der Waals surface area (Å²) in [5, 5.41) is 56.4. The van der Waals surface area contributed by atoms with E-state index in [0.717, 1.165) is 15.8 Å². The first-order valence-electron chi connectivity index (χ1n) is 24.7. The molecule has 0 unspecified atom stereocenters. The van der Waals surface area contributed by atoms with E-state index in [4.69, 9.17) is 39.2 Å². The Morgan fingerprint density at radius 2 is 1.08 bits per heavy atom. The minimum Gasteiger partial charge on any atom is -0.480 e. The Bertz CT molecular complexity index is 2520. The topological polar surface area (TPSA) is 460 Å². The maximum absolute atomic E-state index is 14.8. The number of carboxylic acid groups (broad SMARTS) is 1. The number of thiol groups is 2. The number of rotatable bonds is 33. The summed E-state index contributed by atoms with van der Waals surface area (Å²) in [5.74, 6) is -8.26. The molecule has 0 radical (unpaired) electrons. The average molecular weight is 1110 g/mol. The van der Waals surface area contributed by atoms with Crippen LogP contribution in [0, 0.1) is 16.2 Å². The fraction of sp³-hybridized carbons (Fsp3) is 0.479. The predicted octanol–water partition coefficient (Wildman–Crippen LogP) is -3.23. The van der Waals surface area contributed by atoms with E-state index in [1.54, 1.807) is 42.6 Å². The zero-order valence-electron chi connectivity index (χ0n) is 42.9. The molecular weight excluding hydrogens is 1040 g/mol. The van der Waals surface area contributed by atoms with Crippen LogP contribution in [0.4, 0.5) is 0 Å². The zero-order valence-corrected chi connectivity index (χ0v) is 44.7. The number of aromatic nitrogens is 1. The lowest BCUT2D eigenvalue weighted by Crippen LogP contribution is -2.60. The number of likely N-dealkylation sites (N-methyl/N-ethyl adjacent to an activating group) is 1. The van der Waals surface area contributed by atoms with E-state index in [1.165, 1.54) is 14.0 Å². The van der Waals surface area contributed by atoms with Gasteiger partial charge in [0.05, 0.1) is 6.04 Å². The molecule has 0 aliphatic carbocycles. The molecule has 1 aromatic heterocycles. The fourth-order valence-electron chi connectivity index (χ4n) is 7.78. The molecule has 7 amide bonds. The van der Waals surface area contributed by atoms with Gasteiger partial charge in [0.2, 0.25) is 41.4 Å². The van der Waals surface area contributed by atoms with Gasteiger partial charge in [0.15, 0.2) is 17.9 Å². The largest absolute Gasteiger partial charge is 0.480 e. The van der Waals surface area contributed by atoms with Crippen LogP contribution in [0.25, 0.3) is 10.9 Å². The maximum atomic E-state index is 14.8. The van der Waals surface area contributed by atoms with Crippen LogP contribution < -0.4 is 70.8 Å². The molecular formula is C48H74N18O9S2. The van der Waals surface area contributed by atoms with Crippen LogP contribution in [0.15, 0.2) is 60.8 Å². The van der Waals surface area contributed by atoms with Gasteiger partial charge in [-0.05, 0) is 62.6 Å². The Labute approximate surface area is 456 Å². The van der Waals surface area contributed by atoms with Gasteiger partial charge in [-0.3, -0.25) is 49.8 Å². The Balaban J connectivity index is 1.95. The predicted molar refractivity (Wildman–Crippen MR) is 297 cm³/mol. The lowest BCUT2D eigenvalue weighted by atomic mass is 10.0. The number of H-pyrrole nitrogens is 1. The van der Waals surface area contributed by atoms with Crippen molar-refractivity contribution in [1.29, 1.82) is 16.2 Å². The number of nitrogens with one attached hydrogen (secondary N) is 13. The van der Waals surface area contributed by atoms with Gasteiger partial charge >= 0.3 is 5.97 Å². The van der Waals surface area contributed by atoms with Crippen molar-refractivity contribution in [3.05, 3.63) is 71.9 Å². The van der Waals surface area contributed by atoms with Gasteiger partial charge in [-0.25, -0.2) is 4.79 Å². The van der Waals surface area contributed by atoms with Crippen LogP contribution in [0.3, 0.4) is 0 Å². The summed E-state index contributed by atoms with van der Waals surface area (Å²) < 4.78 is 0. The molecule has 0 spiro atoms. The lowest BCUT2D eigenvalue weighted by molar-refractivity contribution is -0.143. The Morgan fingerprint density at radius 3 is 1.65 bits per heavy atom. The number of aromatic amines is 1. The summed E-state index contributed by atoms with van der Waals surface area (Å²) in [6, 6.07) is 5.42. The highest BCUT2D eigenvalue weighted by molar-refractivity contribution is 7.80. The number of nitrogens with zero attached hydrogens (tertiary/aromatic N) is 1. The van der Waals surface area contributed by atoms with Crippen molar-refractivity contribution in [2.24, 2.45) is 22.9 Å². The van der Waals surface area contributed by atoms with E-state index in [2.05, 4.69) is 78.1 Å². The number of aliphatic carboxylic acids is 1. The highest BCUT2D eigenvalue weighted by Crippen LogP contribution is 2.20. The molecule has 0 saturated heterocycles. The number of benzene rings is 2. The van der Waals surface area contributed by atoms with Crippen molar-refractivity contribution >= 4 is 101 Å². The number of hydrogen-bond acceptors (Lipinski definition) is 14. The number of fused-ring (bicyclic) bond motifs is 1. The second-order valence-electron chi connectivity index (χ2n) is 18.0. The number of guanidine groups is 3. The van der Waals surface area contributed by atoms with Gasteiger partial charge in [-0.1, -0.05) is 48.5 Å². The van der Waals surface area contributed by atoms with Gasteiger partial charge in [-0.15, -0.1) is 0 Å². The van der Waals surface area contributed by atoms with Gasteiger partial charge in [0.25, 0.3) is 0 Å².